The van der Waals surface area contributed by atoms with E-state index in [1.165, 1.54) is 6.20 Å². The smallest absolute Gasteiger partial charge is 0.322 e. The van der Waals surface area contributed by atoms with Gasteiger partial charge in [0.15, 0.2) is 0 Å². The van der Waals surface area contributed by atoms with Crippen molar-refractivity contribution in [2.45, 2.75) is 6.42 Å². The SMILES string of the molecule is C=C/C=C(\C=C/N)NC(=O)N1CC=C(c2cc3c(Nc4ccc5[nH]ncc5c4)ccnc3[nH]2)CC1. The zero-order valence-electron chi connectivity index (χ0n) is 19.1. The summed E-state index contributed by atoms with van der Waals surface area (Å²) in [6.45, 7) is 4.77. The van der Waals surface area contributed by atoms with Crippen LogP contribution in [0.4, 0.5) is 16.2 Å². The lowest BCUT2D eigenvalue weighted by Gasteiger charge is -2.26. The van der Waals surface area contributed by atoms with Crippen molar-refractivity contribution in [1.29, 1.82) is 0 Å². The van der Waals surface area contributed by atoms with Crippen LogP contribution in [0.15, 0.2) is 85.5 Å². The standard InChI is InChI=1S/C26H26N8O/c1-2-3-19(6-10-27)31-26(35)34-12-8-17(9-13-34)24-15-21-23(7-11-28-25(21)32-24)30-20-4-5-22-18(14-20)16-29-33-22/h2-8,10-11,14-16H,1,9,12-13,27H2,(H,29,33)(H,31,35)(H2,28,30,32)/b10-6-,19-3+. The second-order valence-electron chi connectivity index (χ2n) is 8.17. The molecular weight excluding hydrogens is 440 g/mol. The van der Waals surface area contributed by atoms with Crippen LogP contribution in [0, 0.1) is 0 Å². The number of allylic oxidation sites excluding steroid dienone is 3. The summed E-state index contributed by atoms with van der Waals surface area (Å²) >= 11 is 0. The first-order valence-corrected chi connectivity index (χ1v) is 11.3. The molecule has 1 aliphatic heterocycles. The molecule has 176 valence electrons. The quantitative estimate of drug-likeness (QED) is 0.267. The lowest BCUT2D eigenvalue weighted by Crippen LogP contribution is -2.41. The average molecular weight is 467 g/mol. The number of hydrogen-bond acceptors (Lipinski definition) is 5. The highest BCUT2D eigenvalue weighted by atomic mass is 16.2. The topological polar surface area (TPSA) is 128 Å². The molecule has 0 saturated heterocycles. The van der Waals surface area contributed by atoms with Crippen LogP contribution in [0.3, 0.4) is 0 Å². The Morgan fingerprint density at radius 1 is 1.26 bits per heavy atom. The van der Waals surface area contributed by atoms with Gasteiger partial charge in [-0.15, -0.1) is 0 Å². The molecule has 2 amide bonds. The molecule has 1 aromatic carbocycles. The van der Waals surface area contributed by atoms with E-state index in [4.69, 9.17) is 5.73 Å². The second kappa shape index (κ2) is 9.60. The maximum Gasteiger partial charge on any atom is 0.322 e. The number of pyridine rings is 1. The minimum absolute atomic E-state index is 0.175. The summed E-state index contributed by atoms with van der Waals surface area (Å²) < 4.78 is 0. The van der Waals surface area contributed by atoms with Crippen LogP contribution in [-0.2, 0) is 0 Å². The van der Waals surface area contributed by atoms with Gasteiger partial charge in [-0.25, -0.2) is 9.78 Å². The van der Waals surface area contributed by atoms with Crippen LogP contribution >= 0.6 is 0 Å². The van der Waals surface area contributed by atoms with Gasteiger partial charge in [-0.1, -0.05) is 18.7 Å². The van der Waals surface area contributed by atoms with Crippen LogP contribution in [0.5, 0.6) is 0 Å². The number of amides is 2. The highest BCUT2D eigenvalue weighted by Crippen LogP contribution is 2.31. The number of nitrogens with one attached hydrogen (secondary N) is 4. The zero-order valence-corrected chi connectivity index (χ0v) is 19.1. The van der Waals surface area contributed by atoms with E-state index in [2.05, 4.69) is 55.6 Å². The van der Waals surface area contributed by atoms with Crippen molar-refractivity contribution in [2.75, 3.05) is 18.4 Å². The minimum atomic E-state index is -0.175. The van der Waals surface area contributed by atoms with Gasteiger partial charge >= 0.3 is 6.03 Å². The van der Waals surface area contributed by atoms with E-state index >= 15 is 0 Å². The third-order valence-corrected chi connectivity index (χ3v) is 5.92. The third-order valence-electron chi connectivity index (χ3n) is 5.92. The molecule has 0 atom stereocenters. The number of hydrogen-bond donors (Lipinski definition) is 5. The summed E-state index contributed by atoms with van der Waals surface area (Å²) in [7, 11) is 0. The molecule has 0 spiro atoms. The molecule has 1 aliphatic rings. The second-order valence-corrected chi connectivity index (χ2v) is 8.17. The van der Waals surface area contributed by atoms with Crippen molar-refractivity contribution in [3.05, 3.63) is 91.2 Å². The van der Waals surface area contributed by atoms with Crippen molar-refractivity contribution in [2.24, 2.45) is 5.73 Å². The molecule has 35 heavy (non-hydrogen) atoms. The fraction of sp³-hybridized carbons (Fsp3) is 0.115. The number of rotatable bonds is 6. The maximum atomic E-state index is 12.6. The lowest BCUT2D eigenvalue weighted by molar-refractivity contribution is 0.206. The molecule has 0 unspecified atom stereocenters. The van der Waals surface area contributed by atoms with Crippen LogP contribution in [0.2, 0.25) is 0 Å². The Morgan fingerprint density at radius 2 is 2.17 bits per heavy atom. The Bertz CT molecular complexity index is 1490. The highest BCUT2D eigenvalue weighted by molar-refractivity contribution is 5.95. The minimum Gasteiger partial charge on any atom is -0.405 e. The molecule has 9 heteroatoms. The molecule has 0 fully saturated rings. The van der Waals surface area contributed by atoms with E-state index in [1.54, 1.807) is 29.3 Å². The number of benzene rings is 1. The van der Waals surface area contributed by atoms with E-state index in [-0.39, 0.29) is 6.03 Å². The van der Waals surface area contributed by atoms with Crippen molar-refractivity contribution in [3.63, 3.8) is 0 Å². The number of anilines is 2. The molecule has 0 bridgehead atoms. The number of aromatic nitrogens is 4. The van der Waals surface area contributed by atoms with Gasteiger partial charge < -0.3 is 26.3 Å². The molecule has 4 heterocycles. The van der Waals surface area contributed by atoms with Crippen LogP contribution in [0.25, 0.3) is 27.5 Å². The van der Waals surface area contributed by atoms with E-state index in [0.717, 1.165) is 51.0 Å². The summed E-state index contributed by atoms with van der Waals surface area (Å²) in [5.41, 5.74) is 11.9. The molecule has 0 aliphatic carbocycles. The molecule has 5 rings (SSSR count). The number of carbonyl (C=O) groups is 1. The summed E-state index contributed by atoms with van der Waals surface area (Å²) in [6, 6.07) is 9.97. The predicted octanol–water partition coefficient (Wildman–Crippen LogP) is 4.52. The van der Waals surface area contributed by atoms with E-state index in [9.17, 15) is 4.79 Å². The van der Waals surface area contributed by atoms with Gasteiger partial charge in [0, 0.05) is 47.1 Å². The van der Waals surface area contributed by atoms with Gasteiger partial charge in [0.2, 0.25) is 0 Å². The summed E-state index contributed by atoms with van der Waals surface area (Å²) in [4.78, 5) is 22.3. The van der Waals surface area contributed by atoms with Crippen molar-refractivity contribution < 1.29 is 4.79 Å². The number of nitrogens with zero attached hydrogens (tertiary/aromatic N) is 3. The van der Waals surface area contributed by atoms with Gasteiger partial charge in [-0.3, -0.25) is 5.10 Å². The Morgan fingerprint density at radius 3 is 2.97 bits per heavy atom. The molecule has 9 nitrogen and oxygen atoms in total. The Balaban J connectivity index is 1.32. The van der Waals surface area contributed by atoms with E-state index < -0.39 is 0 Å². The fourth-order valence-corrected chi connectivity index (χ4v) is 4.16. The Labute approximate surface area is 202 Å². The summed E-state index contributed by atoms with van der Waals surface area (Å²) in [5.74, 6) is 0. The van der Waals surface area contributed by atoms with Crippen molar-refractivity contribution >= 4 is 44.9 Å². The monoisotopic (exact) mass is 466 g/mol. The van der Waals surface area contributed by atoms with Crippen LogP contribution in [0.1, 0.15) is 12.1 Å². The van der Waals surface area contributed by atoms with Gasteiger partial charge in [-0.05, 0) is 60.7 Å². The first-order chi connectivity index (χ1) is 17.1. The predicted molar refractivity (Wildman–Crippen MR) is 140 cm³/mol. The van der Waals surface area contributed by atoms with Gasteiger partial charge in [0.1, 0.15) is 5.65 Å². The Hall–Kier alpha value is -4.79. The van der Waals surface area contributed by atoms with E-state index in [0.29, 0.717) is 18.8 Å². The number of urea groups is 1. The first-order valence-electron chi connectivity index (χ1n) is 11.3. The van der Waals surface area contributed by atoms with Gasteiger partial charge in [0.05, 0.1) is 17.4 Å². The summed E-state index contributed by atoms with van der Waals surface area (Å²) in [5, 5.41) is 15.4. The van der Waals surface area contributed by atoms with Crippen molar-refractivity contribution in [1.82, 2.24) is 30.4 Å². The Kier molecular flexibility index (Phi) is 6.04. The number of aromatic amines is 2. The maximum absolute atomic E-state index is 12.6. The van der Waals surface area contributed by atoms with Crippen LogP contribution in [-0.4, -0.2) is 44.2 Å². The van der Waals surface area contributed by atoms with Crippen LogP contribution < -0.4 is 16.4 Å². The molecular formula is C26H26N8O. The molecule has 0 saturated carbocycles. The molecule has 4 aromatic rings. The molecule has 0 radical (unpaired) electrons. The average Bonchev–Trinajstić information content (AvgIpc) is 3.52. The summed E-state index contributed by atoms with van der Waals surface area (Å²) in [6.07, 6.45) is 12.7. The number of nitrogens with two attached hydrogens (primary N) is 1. The number of fused-ring (bicyclic) bond motifs is 2. The normalized spacial score (nSPS) is 14.5. The largest absolute Gasteiger partial charge is 0.405 e. The highest BCUT2D eigenvalue weighted by Gasteiger charge is 2.19. The van der Waals surface area contributed by atoms with Crippen molar-refractivity contribution in [3.8, 4) is 0 Å². The number of carbonyl (C=O) groups excluding carboxylic acids is 1. The first kappa shape index (κ1) is 22.0. The fourth-order valence-electron chi connectivity index (χ4n) is 4.16. The third kappa shape index (κ3) is 4.65. The zero-order chi connectivity index (χ0) is 24.2. The molecule has 3 aromatic heterocycles. The molecule has 6 N–H and O–H groups in total. The van der Waals surface area contributed by atoms with Gasteiger partial charge in [-0.2, -0.15) is 5.10 Å². The lowest BCUT2D eigenvalue weighted by atomic mass is 10.0. The van der Waals surface area contributed by atoms with E-state index in [1.807, 2.05) is 24.4 Å². The number of H-pyrrole nitrogens is 2. The van der Waals surface area contributed by atoms with Gasteiger partial charge in [0.25, 0.3) is 0 Å².